The van der Waals surface area contributed by atoms with E-state index in [1.165, 1.54) is 44.5 Å². The zero-order valence-electron chi connectivity index (χ0n) is 29.7. The molecule has 0 fully saturated rings. The fraction of sp³-hybridized carbons (Fsp3) is 0. The minimum absolute atomic E-state index is 0.939. The molecule has 0 atom stereocenters. The van der Waals surface area contributed by atoms with Crippen molar-refractivity contribution in [2.75, 3.05) is 0 Å². The fourth-order valence-electron chi connectivity index (χ4n) is 7.12. The molecule has 0 aliphatic carbocycles. The molecular formula is C52H36N2. The topological polar surface area (TPSA) is 25.8 Å². The van der Waals surface area contributed by atoms with E-state index in [0.29, 0.717) is 0 Å². The number of hydrogen-bond acceptors (Lipinski definition) is 2. The maximum Gasteiger partial charge on any atom is 0.0715 e. The van der Waals surface area contributed by atoms with Crippen LogP contribution in [-0.2, 0) is 0 Å². The van der Waals surface area contributed by atoms with E-state index in [-0.39, 0.29) is 0 Å². The molecule has 0 aliphatic heterocycles. The Hall–Kier alpha value is -7.16. The largest absolute Gasteiger partial charge is 0.265 e. The van der Waals surface area contributed by atoms with Crippen LogP contribution in [0.4, 0.5) is 0 Å². The van der Waals surface area contributed by atoms with E-state index in [1.54, 1.807) is 0 Å². The zero-order chi connectivity index (χ0) is 36.1. The molecular weight excluding hydrogens is 653 g/mol. The summed E-state index contributed by atoms with van der Waals surface area (Å²) in [5, 5.41) is 0. The minimum atomic E-state index is 0.939. The maximum absolute atomic E-state index is 5.17. The Kier molecular flexibility index (Phi) is 8.99. The molecule has 0 amide bonds. The SMILES string of the molecule is c1ccc(-c2cccc(-c3cccc(-c4cccc(-c5cccc(-c6cc(-c7ccccc7)nc(-c7ccc(-c8ccncc8)cc7)c6)c5)c4)c3)c2)cc1. The van der Waals surface area contributed by atoms with Crippen LogP contribution < -0.4 is 0 Å². The number of rotatable bonds is 8. The van der Waals surface area contributed by atoms with Crippen LogP contribution in [0, 0.1) is 0 Å². The van der Waals surface area contributed by atoms with E-state index >= 15 is 0 Å². The standard InChI is InChI=1S/C52H36N2/c1-3-11-37(12-4-1)42-15-7-16-43(31-42)44-17-8-18-45(32-44)46-19-9-20-47(33-46)48-21-10-22-49(34-48)50-35-51(40-13-5-2-6-14-40)54-52(36-50)41-25-23-38(24-26-41)39-27-29-53-30-28-39/h1-36H. The summed E-state index contributed by atoms with van der Waals surface area (Å²) < 4.78 is 0. The molecule has 9 rings (SSSR count). The first-order chi connectivity index (χ1) is 26.7. The number of nitrogens with zero attached hydrogens (tertiary/aromatic N) is 2. The van der Waals surface area contributed by atoms with Gasteiger partial charge in [0.25, 0.3) is 0 Å². The van der Waals surface area contributed by atoms with Crippen LogP contribution >= 0.6 is 0 Å². The Bertz CT molecular complexity index is 2680. The second-order valence-corrected chi connectivity index (χ2v) is 13.5. The molecule has 0 saturated heterocycles. The summed E-state index contributed by atoms with van der Waals surface area (Å²) in [6.45, 7) is 0. The number of pyridine rings is 2. The highest BCUT2D eigenvalue weighted by atomic mass is 14.7. The molecule has 0 spiro atoms. The summed E-state index contributed by atoms with van der Waals surface area (Å²) >= 11 is 0. The van der Waals surface area contributed by atoms with Crippen molar-refractivity contribution in [1.82, 2.24) is 9.97 Å². The molecule has 0 bridgehead atoms. The van der Waals surface area contributed by atoms with Crippen molar-refractivity contribution >= 4 is 0 Å². The van der Waals surface area contributed by atoms with Crippen LogP contribution in [0.2, 0.25) is 0 Å². The van der Waals surface area contributed by atoms with E-state index in [9.17, 15) is 0 Å². The quantitative estimate of drug-likeness (QED) is 0.159. The molecule has 2 heterocycles. The monoisotopic (exact) mass is 688 g/mol. The minimum Gasteiger partial charge on any atom is -0.265 e. The number of benzene rings is 7. The van der Waals surface area contributed by atoms with E-state index in [0.717, 1.165) is 44.8 Å². The molecule has 254 valence electrons. The van der Waals surface area contributed by atoms with Crippen LogP contribution in [0.5, 0.6) is 0 Å². The zero-order valence-corrected chi connectivity index (χ0v) is 29.7. The first-order valence-corrected chi connectivity index (χ1v) is 18.3. The van der Waals surface area contributed by atoms with Gasteiger partial charge in [0.2, 0.25) is 0 Å². The summed E-state index contributed by atoms with van der Waals surface area (Å²) in [6.07, 6.45) is 3.66. The van der Waals surface area contributed by atoms with E-state index in [4.69, 9.17) is 4.98 Å². The lowest BCUT2D eigenvalue weighted by Crippen LogP contribution is -1.92. The summed E-state index contributed by atoms with van der Waals surface area (Å²) in [4.78, 5) is 9.34. The average molecular weight is 689 g/mol. The van der Waals surface area contributed by atoms with Crippen molar-refractivity contribution in [3.63, 3.8) is 0 Å². The van der Waals surface area contributed by atoms with Gasteiger partial charge in [-0.15, -0.1) is 0 Å². The van der Waals surface area contributed by atoms with Gasteiger partial charge in [-0.05, 0) is 115 Å². The highest BCUT2D eigenvalue weighted by Crippen LogP contribution is 2.35. The number of hydrogen-bond donors (Lipinski definition) is 0. The third-order valence-electron chi connectivity index (χ3n) is 9.98. The molecule has 0 aliphatic rings. The van der Waals surface area contributed by atoms with Gasteiger partial charge >= 0.3 is 0 Å². The van der Waals surface area contributed by atoms with Gasteiger partial charge in [-0.3, -0.25) is 4.98 Å². The average Bonchev–Trinajstić information content (AvgIpc) is 3.27. The van der Waals surface area contributed by atoms with Gasteiger partial charge in [-0.2, -0.15) is 0 Å². The van der Waals surface area contributed by atoms with Crippen LogP contribution in [0.1, 0.15) is 0 Å². The highest BCUT2D eigenvalue weighted by molar-refractivity contribution is 5.82. The van der Waals surface area contributed by atoms with Gasteiger partial charge in [0.05, 0.1) is 11.4 Å². The Morgan fingerprint density at radius 1 is 0.204 bits per heavy atom. The molecule has 7 aromatic carbocycles. The molecule has 2 nitrogen and oxygen atoms in total. The first-order valence-electron chi connectivity index (χ1n) is 18.3. The van der Waals surface area contributed by atoms with Gasteiger partial charge in [-0.1, -0.05) is 158 Å². The molecule has 0 radical (unpaired) electrons. The molecule has 0 unspecified atom stereocenters. The third-order valence-corrected chi connectivity index (χ3v) is 9.98. The van der Waals surface area contributed by atoms with E-state index in [2.05, 4.69) is 193 Å². The normalized spacial score (nSPS) is 11.0. The van der Waals surface area contributed by atoms with Crippen molar-refractivity contribution in [3.05, 3.63) is 219 Å². The number of aromatic nitrogens is 2. The van der Waals surface area contributed by atoms with E-state index in [1.807, 2.05) is 30.6 Å². The summed E-state index contributed by atoms with van der Waals surface area (Å²) in [5.74, 6) is 0. The van der Waals surface area contributed by atoms with Crippen molar-refractivity contribution in [2.45, 2.75) is 0 Å². The lowest BCUT2D eigenvalue weighted by molar-refractivity contribution is 1.32. The van der Waals surface area contributed by atoms with Gasteiger partial charge in [0.1, 0.15) is 0 Å². The van der Waals surface area contributed by atoms with Crippen LogP contribution in [0.3, 0.4) is 0 Å². The van der Waals surface area contributed by atoms with Crippen molar-refractivity contribution < 1.29 is 0 Å². The molecule has 9 aromatic rings. The molecule has 2 aromatic heterocycles. The van der Waals surface area contributed by atoms with Gasteiger partial charge < -0.3 is 0 Å². The Labute approximate surface area is 316 Å². The predicted octanol–water partition coefficient (Wildman–Crippen LogP) is 13.8. The summed E-state index contributed by atoms with van der Waals surface area (Å²) in [7, 11) is 0. The summed E-state index contributed by atoms with van der Waals surface area (Å²) in [5.41, 5.74) is 18.2. The van der Waals surface area contributed by atoms with Gasteiger partial charge in [0.15, 0.2) is 0 Å². The second kappa shape index (κ2) is 14.8. The van der Waals surface area contributed by atoms with Gasteiger partial charge in [0, 0.05) is 23.5 Å². The highest BCUT2D eigenvalue weighted by Gasteiger charge is 2.12. The maximum atomic E-state index is 5.17. The lowest BCUT2D eigenvalue weighted by Gasteiger charge is -2.13. The summed E-state index contributed by atoms with van der Waals surface area (Å²) in [6, 6.07) is 73.5. The van der Waals surface area contributed by atoms with Crippen molar-refractivity contribution in [1.29, 1.82) is 0 Å². The molecule has 54 heavy (non-hydrogen) atoms. The first kappa shape index (κ1) is 32.7. The van der Waals surface area contributed by atoms with Crippen LogP contribution in [0.15, 0.2) is 219 Å². The third kappa shape index (κ3) is 7.01. The Morgan fingerprint density at radius 2 is 0.500 bits per heavy atom. The Balaban J connectivity index is 1.05. The smallest absolute Gasteiger partial charge is 0.0715 e. The lowest BCUT2D eigenvalue weighted by atomic mass is 9.93. The molecule has 2 heteroatoms. The van der Waals surface area contributed by atoms with Crippen molar-refractivity contribution in [2.24, 2.45) is 0 Å². The van der Waals surface area contributed by atoms with Crippen molar-refractivity contribution in [3.8, 4) is 89.3 Å². The fourth-order valence-corrected chi connectivity index (χ4v) is 7.12. The predicted molar refractivity (Wildman–Crippen MR) is 226 cm³/mol. The van der Waals surface area contributed by atoms with Gasteiger partial charge in [-0.25, -0.2) is 4.98 Å². The van der Waals surface area contributed by atoms with E-state index < -0.39 is 0 Å². The van der Waals surface area contributed by atoms with Crippen LogP contribution in [-0.4, -0.2) is 9.97 Å². The van der Waals surface area contributed by atoms with Crippen LogP contribution in [0.25, 0.3) is 89.3 Å². The second-order valence-electron chi connectivity index (χ2n) is 13.5. The molecule has 0 N–H and O–H groups in total. The Morgan fingerprint density at radius 3 is 0.944 bits per heavy atom. The molecule has 0 saturated carbocycles.